The quantitative estimate of drug-likeness (QED) is 0.469. The molecule has 1 N–H and O–H groups in total. The van der Waals surface area contributed by atoms with E-state index in [2.05, 4.69) is 28.2 Å². The molecular weight excluding hydrogens is 340 g/mol. The van der Waals surface area contributed by atoms with Crippen LogP contribution in [0.4, 0.5) is 0 Å². The molecule has 0 bridgehead atoms. The first-order valence-electron chi connectivity index (χ1n) is 9.97. The minimum atomic E-state index is -0.427. The number of hydrogen-bond donors (Lipinski definition) is 1. The lowest BCUT2D eigenvalue weighted by Crippen LogP contribution is -2.45. The summed E-state index contributed by atoms with van der Waals surface area (Å²) in [5, 5.41) is 3.03. The lowest BCUT2D eigenvalue weighted by Gasteiger charge is -2.24. The summed E-state index contributed by atoms with van der Waals surface area (Å²) < 4.78 is 0. The lowest BCUT2D eigenvalue weighted by molar-refractivity contribution is -0.129. The molecule has 1 aliphatic carbocycles. The fraction of sp³-hybridized carbons (Fsp3) is 0.619. The van der Waals surface area contributed by atoms with Crippen LogP contribution in [0.25, 0.3) is 0 Å². The van der Waals surface area contributed by atoms with Gasteiger partial charge in [0.1, 0.15) is 6.71 Å². The van der Waals surface area contributed by atoms with Gasteiger partial charge in [-0.05, 0) is 24.1 Å². The van der Waals surface area contributed by atoms with E-state index in [0.717, 1.165) is 17.9 Å². The van der Waals surface area contributed by atoms with E-state index in [1.165, 1.54) is 12.8 Å². The highest BCUT2D eigenvalue weighted by atomic mass is 31.0. The zero-order valence-corrected chi connectivity index (χ0v) is 17.6. The molecule has 1 amide bonds. The van der Waals surface area contributed by atoms with Crippen molar-refractivity contribution in [2.75, 3.05) is 6.16 Å². The Kier molecular flexibility index (Phi) is 8.35. The van der Waals surface area contributed by atoms with Crippen LogP contribution in [-0.2, 0) is 16.0 Å². The highest BCUT2D eigenvalue weighted by Gasteiger charge is 2.31. The molecule has 2 rings (SSSR count). The number of rotatable bonds is 11. The topological polar surface area (TPSA) is 46.2 Å². The van der Waals surface area contributed by atoms with Crippen LogP contribution in [0.15, 0.2) is 30.3 Å². The van der Waals surface area contributed by atoms with Gasteiger partial charge in [-0.2, -0.15) is 0 Å². The molecule has 3 nitrogen and oxygen atoms in total. The van der Waals surface area contributed by atoms with Gasteiger partial charge >= 0.3 is 0 Å². The van der Waals surface area contributed by atoms with E-state index < -0.39 is 6.04 Å². The molecule has 0 heterocycles. The van der Waals surface area contributed by atoms with Crippen molar-refractivity contribution in [2.24, 2.45) is 11.8 Å². The average Bonchev–Trinajstić information content (AvgIpc) is 3.44. The SMILES string of the molecule is CB(C)[C@@H](CC(=O)C(Cc1ccccc1)NC(=O)C(C)CP)CC1CC1. The Morgan fingerprint density at radius 2 is 1.88 bits per heavy atom. The number of carbonyl (C=O) groups excluding carboxylic acids is 2. The summed E-state index contributed by atoms with van der Waals surface area (Å²) in [5.41, 5.74) is 1.09. The fourth-order valence-electron chi connectivity index (χ4n) is 3.29. The van der Waals surface area contributed by atoms with Crippen molar-refractivity contribution in [3.05, 3.63) is 35.9 Å². The summed E-state index contributed by atoms with van der Waals surface area (Å²) in [4.78, 5) is 25.5. The van der Waals surface area contributed by atoms with Crippen molar-refractivity contribution in [1.29, 1.82) is 0 Å². The number of nitrogens with one attached hydrogen (secondary N) is 1. The molecule has 142 valence electrons. The summed E-state index contributed by atoms with van der Waals surface area (Å²) >= 11 is 0. The third-order valence-electron chi connectivity index (χ3n) is 5.53. The number of amides is 1. The first-order chi connectivity index (χ1) is 12.4. The first kappa shape index (κ1) is 21.2. The highest BCUT2D eigenvalue weighted by Crippen LogP contribution is 2.39. The van der Waals surface area contributed by atoms with E-state index in [1.807, 2.05) is 37.3 Å². The smallest absolute Gasteiger partial charge is 0.223 e. The van der Waals surface area contributed by atoms with Crippen molar-refractivity contribution in [1.82, 2.24) is 5.32 Å². The molecule has 1 aromatic rings. The van der Waals surface area contributed by atoms with Crippen LogP contribution in [0.1, 0.15) is 38.2 Å². The van der Waals surface area contributed by atoms with Crippen molar-refractivity contribution in [2.45, 2.75) is 64.5 Å². The number of carbonyl (C=O) groups is 2. The van der Waals surface area contributed by atoms with Crippen molar-refractivity contribution >= 4 is 27.6 Å². The van der Waals surface area contributed by atoms with Crippen LogP contribution in [0.5, 0.6) is 0 Å². The van der Waals surface area contributed by atoms with Crippen LogP contribution >= 0.6 is 9.24 Å². The van der Waals surface area contributed by atoms with Crippen molar-refractivity contribution < 1.29 is 9.59 Å². The normalized spacial score (nSPS) is 17.2. The van der Waals surface area contributed by atoms with Crippen LogP contribution in [0.2, 0.25) is 19.5 Å². The molecule has 0 aliphatic heterocycles. The largest absolute Gasteiger partial charge is 0.346 e. The zero-order chi connectivity index (χ0) is 19.1. The van der Waals surface area contributed by atoms with Crippen LogP contribution in [-0.4, -0.2) is 30.6 Å². The maximum atomic E-state index is 13.1. The second kappa shape index (κ2) is 10.3. The van der Waals surface area contributed by atoms with Gasteiger partial charge in [0.05, 0.1) is 6.04 Å². The average molecular weight is 373 g/mol. The molecule has 0 spiro atoms. The third-order valence-corrected chi connectivity index (χ3v) is 6.24. The van der Waals surface area contributed by atoms with Crippen LogP contribution < -0.4 is 5.32 Å². The summed E-state index contributed by atoms with van der Waals surface area (Å²) in [6, 6.07) is 9.55. The van der Waals surface area contributed by atoms with E-state index in [4.69, 9.17) is 0 Å². The summed E-state index contributed by atoms with van der Waals surface area (Å²) in [6.45, 7) is 6.82. The molecule has 0 radical (unpaired) electrons. The zero-order valence-electron chi connectivity index (χ0n) is 16.4. The standard InChI is InChI=1S/C21H33BNO2P/c1-15(14-26)21(25)23-19(12-16-7-5-4-6-8-16)20(24)13-18(22(2)3)11-17-9-10-17/h4-8,15,17-19H,9-14,26H2,1-3H3,(H,23,25)/t15?,18-,19?/m1/s1. The van der Waals surface area contributed by atoms with E-state index in [0.29, 0.717) is 31.5 Å². The Bertz CT molecular complexity index is 589. The van der Waals surface area contributed by atoms with E-state index in [-0.39, 0.29) is 17.6 Å². The maximum Gasteiger partial charge on any atom is 0.223 e. The molecule has 5 heteroatoms. The molecule has 0 aromatic heterocycles. The number of Topliss-reactive ketones (excluding diaryl/α,β-unsaturated/α-hetero) is 1. The summed E-state index contributed by atoms with van der Waals surface area (Å²) in [5.74, 6) is 1.28. The lowest BCUT2D eigenvalue weighted by atomic mass is 9.43. The number of hydrogen-bond acceptors (Lipinski definition) is 2. The van der Waals surface area contributed by atoms with Gasteiger partial charge in [0.25, 0.3) is 0 Å². The monoisotopic (exact) mass is 373 g/mol. The minimum Gasteiger partial charge on any atom is -0.346 e. The molecule has 4 atom stereocenters. The van der Waals surface area contributed by atoms with E-state index >= 15 is 0 Å². The predicted molar refractivity (Wildman–Crippen MR) is 114 cm³/mol. The first-order valence-corrected chi connectivity index (χ1v) is 10.8. The Balaban J connectivity index is 2.06. The van der Waals surface area contributed by atoms with Gasteiger partial charge in [-0.3, -0.25) is 9.59 Å². The van der Waals surface area contributed by atoms with E-state index in [1.54, 1.807) is 0 Å². The van der Waals surface area contributed by atoms with Gasteiger partial charge in [0.15, 0.2) is 5.78 Å². The molecule has 1 saturated carbocycles. The second-order valence-corrected chi connectivity index (χ2v) is 8.71. The van der Waals surface area contributed by atoms with Gasteiger partial charge < -0.3 is 5.32 Å². The van der Waals surface area contributed by atoms with Gasteiger partial charge in [-0.1, -0.05) is 76.0 Å². The third kappa shape index (κ3) is 6.87. The van der Waals surface area contributed by atoms with Crippen LogP contribution in [0.3, 0.4) is 0 Å². The van der Waals surface area contributed by atoms with E-state index in [9.17, 15) is 9.59 Å². The van der Waals surface area contributed by atoms with Crippen molar-refractivity contribution in [3.63, 3.8) is 0 Å². The summed E-state index contributed by atoms with van der Waals surface area (Å²) in [6.07, 6.45) is 5.62. The number of benzene rings is 1. The predicted octanol–water partition coefficient (Wildman–Crippen LogP) is 4.11. The molecule has 1 aromatic carbocycles. The maximum absolute atomic E-state index is 13.1. The van der Waals surface area contributed by atoms with Gasteiger partial charge in [0.2, 0.25) is 5.91 Å². The Labute approximate surface area is 161 Å². The van der Waals surface area contributed by atoms with Crippen molar-refractivity contribution in [3.8, 4) is 0 Å². The molecule has 26 heavy (non-hydrogen) atoms. The molecule has 1 aliphatic rings. The fourth-order valence-corrected chi connectivity index (χ4v) is 3.50. The second-order valence-electron chi connectivity index (χ2n) is 8.24. The molecular formula is C21H33BNO2P. The Morgan fingerprint density at radius 1 is 1.23 bits per heavy atom. The van der Waals surface area contributed by atoms with Gasteiger partial charge in [-0.25, -0.2) is 0 Å². The minimum absolute atomic E-state index is 0.0300. The summed E-state index contributed by atoms with van der Waals surface area (Å²) in [7, 11) is 2.60. The van der Waals surface area contributed by atoms with Crippen LogP contribution in [0, 0.1) is 11.8 Å². The molecule has 1 fully saturated rings. The Hall–Kier alpha value is -1.15. The molecule has 0 saturated heterocycles. The van der Waals surface area contributed by atoms with Gasteiger partial charge in [-0.15, -0.1) is 9.24 Å². The number of ketones is 1. The highest BCUT2D eigenvalue weighted by molar-refractivity contribution is 7.16. The van der Waals surface area contributed by atoms with Gasteiger partial charge in [0, 0.05) is 12.3 Å². The molecule has 3 unspecified atom stereocenters. The Morgan fingerprint density at radius 3 is 2.42 bits per heavy atom.